The molecule has 74 heavy (non-hydrogen) atoms. The lowest BCUT2D eigenvalue weighted by Gasteiger charge is -2.18. The van der Waals surface area contributed by atoms with Gasteiger partial charge >= 0.3 is 17.9 Å². The van der Waals surface area contributed by atoms with Crippen molar-refractivity contribution in [2.75, 3.05) is 13.2 Å². The Bertz CT molecular complexity index is 1510. The average molecular weight is 1030 g/mol. The van der Waals surface area contributed by atoms with Gasteiger partial charge in [0.2, 0.25) is 0 Å². The number of esters is 3. The fraction of sp³-hybridized carbons (Fsp3) is 0.691. The largest absolute Gasteiger partial charge is 0.462 e. The molecular formula is C68H114O6. The summed E-state index contributed by atoms with van der Waals surface area (Å²) in [7, 11) is 0. The first-order valence-electron chi connectivity index (χ1n) is 30.9. The smallest absolute Gasteiger partial charge is 0.306 e. The molecule has 0 saturated carbocycles. The van der Waals surface area contributed by atoms with Crippen LogP contribution in [0, 0.1) is 0 Å². The van der Waals surface area contributed by atoms with Gasteiger partial charge in [0.25, 0.3) is 0 Å². The fourth-order valence-corrected chi connectivity index (χ4v) is 8.36. The van der Waals surface area contributed by atoms with Crippen LogP contribution in [0.1, 0.15) is 284 Å². The van der Waals surface area contributed by atoms with E-state index in [1.54, 1.807) is 0 Å². The number of hydrogen-bond acceptors (Lipinski definition) is 6. The lowest BCUT2D eigenvalue weighted by Crippen LogP contribution is -2.30. The third kappa shape index (κ3) is 59.0. The first-order valence-corrected chi connectivity index (χ1v) is 30.9. The van der Waals surface area contributed by atoms with Crippen LogP contribution in [0.3, 0.4) is 0 Å². The Morgan fingerprint density at radius 3 is 0.892 bits per heavy atom. The van der Waals surface area contributed by atoms with Gasteiger partial charge in [0, 0.05) is 19.3 Å². The van der Waals surface area contributed by atoms with Crippen LogP contribution in [0.5, 0.6) is 0 Å². The van der Waals surface area contributed by atoms with Crippen LogP contribution < -0.4 is 0 Å². The summed E-state index contributed by atoms with van der Waals surface area (Å²) in [5.41, 5.74) is 0. The Hall–Kier alpha value is -3.93. The highest BCUT2D eigenvalue weighted by molar-refractivity contribution is 5.71. The minimum Gasteiger partial charge on any atom is -0.462 e. The number of rotatable bonds is 55. The van der Waals surface area contributed by atoms with Crippen LogP contribution in [-0.2, 0) is 28.6 Å². The number of hydrogen-bond donors (Lipinski definition) is 0. The molecule has 0 N–H and O–H groups in total. The molecule has 0 saturated heterocycles. The maximum absolute atomic E-state index is 12.9. The quantitative estimate of drug-likeness (QED) is 0.0261. The van der Waals surface area contributed by atoms with Crippen molar-refractivity contribution in [2.24, 2.45) is 0 Å². The van der Waals surface area contributed by atoms with E-state index in [0.717, 1.165) is 103 Å². The molecule has 0 aromatic carbocycles. The monoisotopic (exact) mass is 1030 g/mol. The molecule has 0 rings (SSSR count). The Morgan fingerprint density at radius 1 is 0.284 bits per heavy atom. The van der Waals surface area contributed by atoms with Gasteiger partial charge in [-0.25, -0.2) is 0 Å². The summed E-state index contributed by atoms with van der Waals surface area (Å²) in [6, 6.07) is 0. The second kappa shape index (κ2) is 61.6. The van der Waals surface area contributed by atoms with Gasteiger partial charge < -0.3 is 14.2 Å². The van der Waals surface area contributed by atoms with Gasteiger partial charge in [-0.15, -0.1) is 0 Å². The summed E-state index contributed by atoms with van der Waals surface area (Å²) in [6.07, 6.45) is 83.7. The number of unbranched alkanes of at least 4 members (excludes halogenated alkanes) is 26. The Morgan fingerprint density at radius 2 is 0.541 bits per heavy atom. The number of allylic oxidation sites excluding steroid dienone is 18. The number of carbonyl (C=O) groups is 3. The Labute approximate surface area is 457 Å². The molecule has 0 aliphatic carbocycles. The average Bonchev–Trinajstić information content (AvgIpc) is 3.40. The van der Waals surface area contributed by atoms with Crippen LogP contribution in [0.15, 0.2) is 109 Å². The van der Waals surface area contributed by atoms with Gasteiger partial charge in [-0.05, 0) is 122 Å². The van der Waals surface area contributed by atoms with Crippen LogP contribution in [-0.4, -0.2) is 37.2 Å². The van der Waals surface area contributed by atoms with Crippen LogP contribution in [0.4, 0.5) is 0 Å². The molecule has 0 bridgehead atoms. The molecule has 0 spiro atoms. The van der Waals surface area contributed by atoms with Gasteiger partial charge in [0.1, 0.15) is 13.2 Å². The van der Waals surface area contributed by atoms with Gasteiger partial charge in [0.15, 0.2) is 6.10 Å². The maximum atomic E-state index is 12.9. The van der Waals surface area contributed by atoms with Crippen molar-refractivity contribution in [3.8, 4) is 0 Å². The molecule has 0 amide bonds. The van der Waals surface area contributed by atoms with Crippen molar-refractivity contribution >= 4 is 17.9 Å². The molecule has 0 heterocycles. The summed E-state index contributed by atoms with van der Waals surface area (Å²) in [5, 5.41) is 0. The third-order valence-electron chi connectivity index (χ3n) is 13.0. The maximum Gasteiger partial charge on any atom is 0.306 e. The topological polar surface area (TPSA) is 78.9 Å². The highest BCUT2D eigenvalue weighted by atomic mass is 16.6. The minimum absolute atomic E-state index is 0.103. The molecule has 6 heteroatoms. The van der Waals surface area contributed by atoms with Crippen molar-refractivity contribution in [3.63, 3.8) is 0 Å². The van der Waals surface area contributed by atoms with Gasteiger partial charge in [0.05, 0.1) is 0 Å². The normalized spacial score (nSPS) is 12.9. The van der Waals surface area contributed by atoms with E-state index in [1.807, 2.05) is 0 Å². The van der Waals surface area contributed by atoms with E-state index in [2.05, 4.69) is 130 Å². The number of carbonyl (C=O) groups excluding carboxylic acids is 3. The summed E-state index contributed by atoms with van der Waals surface area (Å²) in [6.45, 7) is 6.48. The van der Waals surface area contributed by atoms with E-state index in [1.165, 1.54) is 135 Å². The summed E-state index contributed by atoms with van der Waals surface area (Å²) >= 11 is 0. The predicted octanol–water partition coefficient (Wildman–Crippen LogP) is 21.0. The summed E-state index contributed by atoms with van der Waals surface area (Å²) < 4.78 is 16.9. The van der Waals surface area contributed by atoms with Crippen molar-refractivity contribution in [3.05, 3.63) is 109 Å². The molecule has 0 aliphatic heterocycles. The predicted molar refractivity (Wildman–Crippen MR) is 320 cm³/mol. The van der Waals surface area contributed by atoms with E-state index in [0.29, 0.717) is 19.3 Å². The van der Waals surface area contributed by atoms with Gasteiger partial charge in [-0.1, -0.05) is 252 Å². The van der Waals surface area contributed by atoms with Crippen LogP contribution in [0.2, 0.25) is 0 Å². The second-order valence-electron chi connectivity index (χ2n) is 20.2. The Kier molecular flexibility index (Phi) is 58.3. The molecule has 0 aromatic rings. The molecule has 1 unspecified atom stereocenters. The van der Waals surface area contributed by atoms with E-state index >= 15 is 0 Å². The lowest BCUT2D eigenvalue weighted by molar-refractivity contribution is -0.167. The molecule has 0 radical (unpaired) electrons. The zero-order valence-electron chi connectivity index (χ0n) is 48.3. The third-order valence-corrected chi connectivity index (χ3v) is 13.0. The van der Waals surface area contributed by atoms with Crippen molar-refractivity contribution < 1.29 is 28.6 Å². The standard InChI is InChI=1S/C68H114O6/c1-4-7-10-13-16-19-22-25-28-31-32-33-34-35-36-38-40-43-46-49-52-55-58-61-67(70)73-64-65(63-72-66(69)60-57-54-51-48-45-42-39-30-27-24-21-18-15-12-9-6-3)74-68(71)62-59-56-53-50-47-44-41-37-29-26-23-20-17-14-11-8-5-2/h7,10,16,19,25-26,28-30,32-33,35-36,39-40,43,49,52,65H,4-6,8-9,11-15,17-18,20-24,27,31,34,37-38,41-42,44-48,50-51,53-64H2,1-3H3/b10-7-,19-16-,28-25-,29-26-,33-32-,36-35-,39-30-,43-40-,52-49-. The molecular weight excluding hydrogens is 913 g/mol. The van der Waals surface area contributed by atoms with Gasteiger partial charge in [-0.3, -0.25) is 14.4 Å². The second-order valence-corrected chi connectivity index (χ2v) is 20.2. The zero-order chi connectivity index (χ0) is 53.6. The van der Waals surface area contributed by atoms with Gasteiger partial charge in [-0.2, -0.15) is 0 Å². The fourth-order valence-electron chi connectivity index (χ4n) is 8.36. The van der Waals surface area contributed by atoms with Crippen LogP contribution >= 0.6 is 0 Å². The first kappa shape index (κ1) is 70.1. The SMILES string of the molecule is CC/C=C\C/C=C\C/C=C\C/C=C\C/C=C\C/C=C\C/C=C\CCCC(=O)OCC(COC(=O)CCCCCCC/C=C\CCCCCCCCC)OC(=O)CCCCCCCCC/C=C\CCCCCCCC. The van der Waals surface area contributed by atoms with Crippen molar-refractivity contribution in [1.82, 2.24) is 0 Å². The van der Waals surface area contributed by atoms with E-state index in [4.69, 9.17) is 14.2 Å². The zero-order valence-corrected chi connectivity index (χ0v) is 48.3. The Balaban J connectivity index is 4.50. The summed E-state index contributed by atoms with van der Waals surface area (Å²) in [4.78, 5) is 38.3. The van der Waals surface area contributed by atoms with Crippen molar-refractivity contribution in [2.45, 2.75) is 290 Å². The van der Waals surface area contributed by atoms with E-state index in [-0.39, 0.29) is 37.5 Å². The minimum atomic E-state index is -0.810. The lowest BCUT2D eigenvalue weighted by atomic mass is 10.1. The molecule has 6 nitrogen and oxygen atoms in total. The molecule has 0 aliphatic rings. The summed E-state index contributed by atoms with van der Waals surface area (Å²) in [5.74, 6) is -0.971. The molecule has 1 atom stereocenters. The molecule has 0 aromatic heterocycles. The highest BCUT2D eigenvalue weighted by Crippen LogP contribution is 2.15. The number of ether oxygens (including phenoxy) is 3. The van der Waals surface area contributed by atoms with Crippen molar-refractivity contribution in [1.29, 1.82) is 0 Å². The van der Waals surface area contributed by atoms with E-state index in [9.17, 15) is 14.4 Å². The van der Waals surface area contributed by atoms with E-state index < -0.39 is 6.10 Å². The van der Waals surface area contributed by atoms with Crippen LogP contribution in [0.25, 0.3) is 0 Å². The molecule has 422 valence electrons. The highest BCUT2D eigenvalue weighted by Gasteiger charge is 2.19. The molecule has 0 fully saturated rings. The first-order chi connectivity index (χ1) is 36.5.